The molecule has 0 fully saturated rings. The molecule has 0 saturated carbocycles. The summed E-state index contributed by atoms with van der Waals surface area (Å²) >= 11 is 6.95. The lowest BCUT2D eigenvalue weighted by Gasteiger charge is -2.17. The lowest BCUT2D eigenvalue weighted by atomic mass is 9.86. The van der Waals surface area contributed by atoms with Gasteiger partial charge in [0.2, 0.25) is 0 Å². The second kappa shape index (κ2) is 16.1. The summed E-state index contributed by atoms with van der Waals surface area (Å²) in [6.45, 7) is 13.9. The van der Waals surface area contributed by atoms with Crippen molar-refractivity contribution < 1.29 is 14.4 Å². The summed E-state index contributed by atoms with van der Waals surface area (Å²) in [5, 5.41) is 5.60. The van der Waals surface area contributed by atoms with Gasteiger partial charge >= 0.3 is 0 Å². The molecule has 6 aromatic rings. The van der Waals surface area contributed by atoms with Crippen LogP contribution in [0, 0.1) is 10.8 Å². The van der Waals surface area contributed by atoms with E-state index in [1.807, 2.05) is 57.2 Å². The first-order valence-corrected chi connectivity index (χ1v) is 17.8. The maximum Gasteiger partial charge on any atom is 0.164 e. The van der Waals surface area contributed by atoms with E-state index in [4.69, 9.17) is 5.73 Å². The molecule has 0 unspecified atom stereocenters. The van der Waals surface area contributed by atoms with Crippen LogP contribution in [0.15, 0.2) is 101 Å². The Kier molecular flexibility index (Phi) is 12.4. The Morgan fingerprint density at radius 2 is 0.920 bits per heavy atom. The fraction of sp³-hybridized carbons (Fsp3) is 0.268. The van der Waals surface area contributed by atoms with Crippen LogP contribution in [-0.2, 0) is 0 Å². The third-order valence-corrected chi connectivity index (χ3v) is 9.13. The van der Waals surface area contributed by atoms with Crippen LogP contribution in [0.25, 0.3) is 32.3 Å². The van der Waals surface area contributed by atoms with Gasteiger partial charge in [0.25, 0.3) is 0 Å². The Morgan fingerprint density at radius 1 is 0.540 bits per heavy atom. The number of ketones is 3. The Balaban J connectivity index is 0.000000173. The van der Waals surface area contributed by atoms with Crippen molar-refractivity contribution in [2.75, 3.05) is 5.73 Å². The first kappa shape index (κ1) is 38.5. The summed E-state index contributed by atoms with van der Waals surface area (Å²) in [6, 6.07) is 16.8. The second-order valence-electron chi connectivity index (χ2n) is 14.5. The molecule has 0 amide bonds. The molecule has 0 radical (unpaired) electrons. The van der Waals surface area contributed by atoms with Gasteiger partial charge < -0.3 is 5.73 Å². The Hall–Kier alpha value is -4.34. The van der Waals surface area contributed by atoms with Crippen molar-refractivity contribution in [2.24, 2.45) is 10.8 Å². The zero-order valence-electron chi connectivity index (χ0n) is 29.5. The van der Waals surface area contributed by atoms with Crippen LogP contribution < -0.4 is 5.73 Å². The van der Waals surface area contributed by atoms with E-state index >= 15 is 0 Å². The molecule has 3 aromatic carbocycles. The summed E-state index contributed by atoms with van der Waals surface area (Å²) in [5.74, 6) is 0.259. The average Bonchev–Trinajstić information content (AvgIpc) is 3.05. The number of hydrogen-bond donors (Lipinski definition) is 1. The predicted octanol–water partition coefficient (Wildman–Crippen LogP) is 11.3. The van der Waals surface area contributed by atoms with Crippen molar-refractivity contribution >= 4 is 87.2 Å². The first-order valence-electron chi connectivity index (χ1n) is 16.2. The molecule has 3 aromatic heterocycles. The molecule has 50 heavy (non-hydrogen) atoms. The fourth-order valence-corrected chi connectivity index (χ4v) is 6.42. The molecule has 6 rings (SSSR count). The number of nitrogens with zero attached hydrogens (tertiary/aromatic N) is 3. The summed E-state index contributed by atoms with van der Waals surface area (Å²) in [6.07, 6.45) is 11.3. The van der Waals surface area contributed by atoms with E-state index in [-0.39, 0.29) is 28.2 Å². The number of nitrogens with two attached hydrogens (primary N) is 1. The number of anilines is 1. The molecule has 0 aliphatic heterocycles. The molecule has 258 valence electrons. The van der Waals surface area contributed by atoms with Crippen LogP contribution in [0.2, 0.25) is 0 Å². The van der Waals surface area contributed by atoms with Crippen LogP contribution >= 0.6 is 31.9 Å². The van der Waals surface area contributed by atoms with Crippen molar-refractivity contribution in [3.63, 3.8) is 0 Å². The smallest absolute Gasteiger partial charge is 0.164 e. The summed E-state index contributed by atoms with van der Waals surface area (Å²) in [4.78, 5) is 48.7. The van der Waals surface area contributed by atoms with Crippen LogP contribution in [0.5, 0.6) is 0 Å². The van der Waals surface area contributed by atoms with Crippen molar-refractivity contribution in [3.05, 3.63) is 117 Å². The number of hydrogen-bond acceptors (Lipinski definition) is 7. The lowest BCUT2D eigenvalue weighted by molar-refractivity contribution is 0.0932. The van der Waals surface area contributed by atoms with E-state index in [1.165, 1.54) is 6.92 Å². The van der Waals surface area contributed by atoms with Crippen molar-refractivity contribution in [2.45, 2.75) is 61.3 Å². The highest BCUT2D eigenvalue weighted by molar-refractivity contribution is 9.11. The normalized spacial score (nSPS) is 11.4. The number of carbonyl (C=O) groups is 3. The Bertz CT molecular complexity index is 2160. The van der Waals surface area contributed by atoms with E-state index in [9.17, 15) is 14.4 Å². The second-order valence-corrected chi connectivity index (χ2v) is 16.2. The van der Waals surface area contributed by atoms with Gasteiger partial charge in [0.05, 0.1) is 0 Å². The van der Waals surface area contributed by atoms with Gasteiger partial charge in [-0.15, -0.1) is 0 Å². The monoisotopic (exact) mass is 796 g/mol. The van der Waals surface area contributed by atoms with Crippen LogP contribution in [0.1, 0.15) is 92.4 Å². The SMILES string of the molecule is CC(=O)c1ccc(C(=O)CC(C)(C)C)c2cnccc12.CC(C)(C)CC(=O)c1ccc(Br)c2ccncc12.Nc1ccc(Br)c2ccncc12. The number of Topliss-reactive ketones (excluding diaryl/α,β-unsaturated/α-hetero) is 3. The zero-order chi connectivity index (χ0) is 36.8. The van der Waals surface area contributed by atoms with Gasteiger partial charge in [-0.05, 0) is 77.1 Å². The standard InChI is InChI=1S/C17H19NO2.C15H16BrNO.C9H7BrN2/c1-11(19)12-5-6-14(16(20)9-17(2,3)4)15-10-18-8-7-13(12)15;1-15(2,3)8-14(18)11-4-5-13(16)10-6-7-17-9-12(10)11;10-8-1-2-9(11)7-5-12-4-3-6(7)8/h5-8,10H,9H2,1-4H3;4-7,9H,8H2,1-3H3;1-5H,11H2. The van der Waals surface area contributed by atoms with Gasteiger partial charge in [-0.2, -0.15) is 0 Å². The van der Waals surface area contributed by atoms with Gasteiger partial charge in [-0.25, -0.2) is 0 Å². The lowest BCUT2D eigenvalue weighted by Crippen LogP contribution is -2.13. The minimum atomic E-state index is -0.0646. The fourth-order valence-electron chi connectivity index (χ4n) is 5.47. The summed E-state index contributed by atoms with van der Waals surface area (Å²) in [7, 11) is 0. The van der Waals surface area contributed by atoms with Crippen LogP contribution in [0.4, 0.5) is 5.69 Å². The predicted molar refractivity (Wildman–Crippen MR) is 212 cm³/mol. The number of nitrogen functional groups attached to an aromatic ring is 1. The number of halogens is 2. The van der Waals surface area contributed by atoms with Gasteiger partial charge in [-0.3, -0.25) is 29.3 Å². The van der Waals surface area contributed by atoms with Crippen LogP contribution in [-0.4, -0.2) is 32.3 Å². The van der Waals surface area contributed by atoms with Gasteiger partial charge in [-0.1, -0.05) is 79.5 Å². The third-order valence-electron chi connectivity index (χ3n) is 7.74. The minimum Gasteiger partial charge on any atom is -0.398 e. The van der Waals surface area contributed by atoms with E-state index in [2.05, 4.69) is 67.6 Å². The Labute approximate surface area is 310 Å². The number of aromatic nitrogens is 3. The molecule has 0 spiro atoms. The third kappa shape index (κ3) is 9.88. The quantitative estimate of drug-likeness (QED) is 0.136. The largest absolute Gasteiger partial charge is 0.398 e. The molecule has 0 aliphatic carbocycles. The van der Waals surface area contributed by atoms with E-state index in [0.717, 1.165) is 52.5 Å². The molecular weight excluding hydrogens is 756 g/mol. The zero-order valence-corrected chi connectivity index (χ0v) is 32.6. The van der Waals surface area contributed by atoms with E-state index in [0.29, 0.717) is 24.0 Å². The Morgan fingerprint density at radius 3 is 1.38 bits per heavy atom. The topological polar surface area (TPSA) is 116 Å². The highest BCUT2D eigenvalue weighted by Crippen LogP contribution is 2.31. The van der Waals surface area contributed by atoms with Crippen LogP contribution in [0.3, 0.4) is 0 Å². The number of pyridine rings is 3. The van der Waals surface area contributed by atoms with Crippen molar-refractivity contribution in [1.82, 2.24) is 15.0 Å². The molecule has 9 heteroatoms. The number of benzene rings is 3. The molecule has 7 nitrogen and oxygen atoms in total. The highest BCUT2D eigenvalue weighted by Gasteiger charge is 2.21. The first-order chi connectivity index (χ1) is 23.5. The molecule has 0 aliphatic rings. The van der Waals surface area contributed by atoms with Crippen molar-refractivity contribution in [1.29, 1.82) is 0 Å². The highest BCUT2D eigenvalue weighted by atomic mass is 79.9. The van der Waals surface area contributed by atoms with Crippen molar-refractivity contribution in [3.8, 4) is 0 Å². The summed E-state index contributed by atoms with van der Waals surface area (Å²) < 4.78 is 2.04. The summed E-state index contributed by atoms with van der Waals surface area (Å²) in [5.41, 5.74) is 8.50. The minimum absolute atomic E-state index is 0.00130. The number of fused-ring (bicyclic) bond motifs is 3. The number of carbonyl (C=O) groups excluding carboxylic acids is 3. The maximum atomic E-state index is 12.4. The van der Waals surface area contributed by atoms with E-state index in [1.54, 1.807) is 55.4 Å². The van der Waals surface area contributed by atoms with Gasteiger partial charge in [0.1, 0.15) is 0 Å². The molecule has 2 N–H and O–H groups in total. The average molecular weight is 799 g/mol. The van der Waals surface area contributed by atoms with Gasteiger partial charge in [0.15, 0.2) is 17.3 Å². The molecule has 0 saturated heterocycles. The molecule has 3 heterocycles. The van der Waals surface area contributed by atoms with E-state index < -0.39 is 0 Å². The number of rotatable bonds is 5. The molecule has 0 bridgehead atoms. The maximum absolute atomic E-state index is 12.4. The molecular formula is C41H42Br2N4O3. The molecule has 0 atom stereocenters. The van der Waals surface area contributed by atoms with Gasteiger partial charge in [0, 0.05) is 103 Å².